The number of nitrogens with one attached hydrogen (secondary N) is 2. The third kappa shape index (κ3) is 2.05. The zero-order valence-corrected chi connectivity index (χ0v) is 10.9. The predicted molar refractivity (Wildman–Crippen MR) is 72.4 cm³/mol. The van der Waals surface area contributed by atoms with Gasteiger partial charge in [0.2, 0.25) is 5.91 Å². The van der Waals surface area contributed by atoms with Crippen LogP contribution in [-0.4, -0.2) is 27.2 Å². The van der Waals surface area contributed by atoms with Crippen LogP contribution >= 0.6 is 0 Å². The Morgan fingerprint density at radius 2 is 2.25 bits per heavy atom. The summed E-state index contributed by atoms with van der Waals surface area (Å²) in [5, 5.41) is 18.8. The number of carbonyl (C=O) groups excluding carboxylic acids is 1. The molecule has 102 valence electrons. The van der Waals surface area contributed by atoms with E-state index >= 15 is 0 Å². The molecule has 2 aromatic rings. The predicted octanol–water partition coefficient (Wildman–Crippen LogP) is 1.51. The van der Waals surface area contributed by atoms with Gasteiger partial charge in [0.1, 0.15) is 0 Å². The Kier molecular flexibility index (Phi) is 2.78. The van der Waals surface area contributed by atoms with E-state index in [9.17, 15) is 9.59 Å². The molecular formula is C14H13N3O3. The Bertz CT molecular complexity index is 718. The van der Waals surface area contributed by atoms with Crippen molar-refractivity contribution in [2.75, 3.05) is 5.32 Å². The van der Waals surface area contributed by atoms with Crippen molar-refractivity contribution < 1.29 is 14.7 Å². The molecule has 0 spiro atoms. The largest absolute Gasteiger partial charge is 0.481 e. The zero-order valence-electron chi connectivity index (χ0n) is 10.9. The standard InChI is InChI=1S/C14H13N3O3/c1-7-10(6-13(19)20)14(17-16-7)8-2-3-11-9(4-8)5-12(18)15-11/h2-4H,5-6H2,1H3,(H,15,18)(H,16,17)(H,19,20). The lowest BCUT2D eigenvalue weighted by Crippen LogP contribution is -2.03. The first-order valence-electron chi connectivity index (χ1n) is 6.23. The Morgan fingerprint density at radius 1 is 1.45 bits per heavy atom. The quantitative estimate of drug-likeness (QED) is 0.788. The van der Waals surface area contributed by atoms with Gasteiger partial charge in [-0.25, -0.2) is 0 Å². The van der Waals surface area contributed by atoms with Crippen molar-refractivity contribution in [3.8, 4) is 11.3 Å². The van der Waals surface area contributed by atoms with E-state index in [1.807, 2.05) is 18.2 Å². The van der Waals surface area contributed by atoms with Crippen molar-refractivity contribution in [1.29, 1.82) is 0 Å². The third-order valence-corrected chi connectivity index (χ3v) is 3.41. The molecule has 0 unspecified atom stereocenters. The highest BCUT2D eigenvalue weighted by atomic mass is 16.4. The summed E-state index contributed by atoms with van der Waals surface area (Å²) in [4.78, 5) is 22.3. The van der Waals surface area contributed by atoms with Crippen LogP contribution in [0.4, 0.5) is 5.69 Å². The molecule has 2 heterocycles. The molecule has 0 saturated heterocycles. The fourth-order valence-electron chi connectivity index (χ4n) is 2.44. The molecule has 1 aromatic carbocycles. The number of rotatable bonds is 3. The third-order valence-electron chi connectivity index (χ3n) is 3.41. The fraction of sp³-hybridized carbons (Fsp3) is 0.214. The molecule has 0 radical (unpaired) electrons. The van der Waals surface area contributed by atoms with Gasteiger partial charge in [0.15, 0.2) is 0 Å². The van der Waals surface area contributed by atoms with Crippen molar-refractivity contribution in [2.45, 2.75) is 19.8 Å². The summed E-state index contributed by atoms with van der Waals surface area (Å²) in [5.41, 5.74) is 4.60. The van der Waals surface area contributed by atoms with E-state index in [4.69, 9.17) is 5.11 Å². The highest BCUT2D eigenvalue weighted by molar-refractivity contribution is 5.99. The molecule has 3 N–H and O–H groups in total. The molecule has 20 heavy (non-hydrogen) atoms. The summed E-state index contributed by atoms with van der Waals surface area (Å²) in [7, 11) is 0. The number of carbonyl (C=O) groups is 2. The molecule has 3 rings (SSSR count). The smallest absolute Gasteiger partial charge is 0.307 e. The fourth-order valence-corrected chi connectivity index (χ4v) is 2.44. The molecule has 1 aromatic heterocycles. The van der Waals surface area contributed by atoms with E-state index in [0.29, 0.717) is 17.7 Å². The van der Waals surface area contributed by atoms with E-state index in [2.05, 4.69) is 15.5 Å². The van der Waals surface area contributed by atoms with Gasteiger partial charge in [-0.1, -0.05) is 6.07 Å². The first-order valence-corrected chi connectivity index (χ1v) is 6.23. The van der Waals surface area contributed by atoms with E-state index in [1.54, 1.807) is 6.92 Å². The second-order valence-electron chi connectivity index (χ2n) is 4.84. The molecule has 6 nitrogen and oxygen atoms in total. The number of aromatic amines is 1. The van der Waals surface area contributed by atoms with Crippen molar-refractivity contribution in [2.24, 2.45) is 0 Å². The lowest BCUT2D eigenvalue weighted by molar-refractivity contribution is -0.136. The van der Waals surface area contributed by atoms with Crippen LogP contribution in [-0.2, 0) is 22.4 Å². The summed E-state index contributed by atoms with van der Waals surface area (Å²) < 4.78 is 0. The number of nitrogens with zero attached hydrogens (tertiary/aromatic N) is 1. The molecular weight excluding hydrogens is 258 g/mol. The van der Waals surface area contributed by atoms with E-state index in [0.717, 1.165) is 22.5 Å². The zero-order chi connectivity index (χ0) is 14.3. The lowest BCUT2D eigenvalue weighted by Gasteiger charge is -2.04. The summed E-state index contributed by atoms with van der Waals surface area (Å²) in [5.74, 6) is -0.921. The minimum Gasteiger partial charge on any atom is -0.481 e. The minimum atomic E-state index is -0.895. The summed E-state index contributed by atoms with van der Waals surface area (Å²) in [6, 6.07) is 5.55. The van der Waals surface area contributed by atoms with Crippen molar-refractivity contribution in [1.82, 2.24) is 10.2 Å². The number of benzene rings is 1. The summed E-state index contributed by atoms with van der Waals surface area (Å²) >= 11 is 0. The SMILES string of the molecule is Cc1[nH]nc(-c2ccc3c(c2)CC(=O)N3)c1CC(=O)O. The van der Waals surface area contributed by atoms with Crippen LogP contribution in [0.3, 0.4) is 0 Å². The summed E-state index contributed by atoms with van der Waals surface area (Å²) in [6.07, 6.45) is 0.271. The van der Waals surface area contributed by atoms with Crippen LogP contribution in [0, 0.1) is 6.92 Å². The number of hydrogen-bond acceptors (Lipinski definition) is 3. The Labute approximate surface area is 114 Å². The Balaban J connectivity index is 2.04. The van der Waals surface area contributed by atoms with Crippen LogP contribution in [0.2, 0.25) is 0 Å². The molecule has 0 atom stereocenters. The topological polar surface area (TPSA) is 95.1 Å². The van der Waals surface area contributed by atoms with Gasteiger partial charge in [-0.05, 0) is 24.6 Å². The highest BCUT2D eigenvalue weighted by Gasteiger charge is 2.20. The van der Waals surface area contributed by atoms with Gasteiger partial charge in [-0.15, -0.1) is 0 Å². The first-order chi connectivity index (χ1) is 9.54. The van der Waals surface area contributed by atoms with Gasteiger partial charge in [0.05, 0.1) is 18.5 Å². The number of carboxylic acids is 1. The minimum absolute atomic E-state index is 0.0267. The average molecular weight is 271 g/mol. The van der Waals surface area contributed by atoms with E-state index in [1.165, 1.54) is 0 Å². The maximum atomic E-state index is 11.4. The number of anilines is 1. The van der Waals surface area contributed by atoms with Crippen LogP contribution in [0.15, 0.2) is 18.2 Å². The van der Waals surface area contributed by atoms with E-state index in [-0.39, 0.29) is 12.3 Å². The lowest BCUT2D eigenvalue weighted by atomic mass is 10.0. The van der Waals surface area contributed by atoms with Gasteiger partial charge in [0.25, 0.3) is 0 Å². The molecule has 6 heteroatoms. The number of aryl methyl sites for hydroxylation is 1. The molecule has 1 aliphatic rings. The Hall–Kier alpha value is -2.63. The number of carboxylic acid groups (broad SMARTS) is 1. The van der Waals surface area contributed by atoms with Crippen LogP contribution in [0.25, 0.3) is 11.3 Å². The molecule has 1 aliphatic heterocycles. The normalized spacial score (nSPS) is 13.2. The van der Waals surface area contributed by atoms with Crippen LogP contribution < -0.4 is 5.32 Å². The van der Waals surface area contributed by atoms with Crippen LogP contribution in [0.1, 0.15) is 16.8 Å². The molecule has 0 fully saturated rings. The van der Waals surface area contributed by atoms with E-state index < -0.39 is 5.97 Å². The van der Waals surface area contributed by atoms with Crippen LogP contribution in [0.5, 0.6) is 0 Å². The second-order valence-corrected chi connectivity index (χ2v) is 4.84. The monoisotopic (exact) mass is 271 g/mol. The number of aromatic nitrogens is 2. The number of H-pyrrole nitrogens is 1. The maximum Gasteiger partial charge on any atom is 0.307 e. The average Bonchev–Trinajstić information content (AvgIpc) is 2.91. The first kappa shape index (κ1) is 12.4. The molecule has 0 saturated carbocycles. The van der Waals surface area contributed by atoms with Crippen molar-refractivity contribution in [3.05, 3.63) is 35.0 Å². The van der Waals surface area contributed by atoms with Gasteiger partial charge in [-0.2, -0.15) is 5.10 Å². The number of aliphatic carboxylic acids is 1. The number of amides is 1. The van der Waals surface area contributed by atoms with Crippen molar-refractivity contribution >= 4 is 17.6 Å². The Morgan fingerprint density at radius 3 is 3.00 bits per heavy atom. The number of hydrogen-bond donors (Lipinski definition) is 3. The molecule has 0 bridgehead atoms. The van der Waals surface area contributed by atoms with Gasteiger partial charge in [-0.3, -0.25) is 14.7 Å². The van der Waals surface area contributed by atoms with Crippen molar-refractivity contribution in [3.63, 3.8) is 0 Å². The second kappa shape index (κ2) is 4.48. The maximum absolute atomic E-state index is 11.4. The number of fused-ring (bicyclic) bond motifs is 1. The van der Waals surface area contributed by atoms with Gasteiger partial charge in [0, 0.05) is 22.5 Å². The van der Waals surface area contributed by atoms with Gasteiger partial charge >= 0.3 is 5.97 Å². The highest BCUT2D eigenvalue weighted by Crippen LogP contribution is 2.30. The molecule has 0 aliphatic carbocycles. The molecule has 1 amide bonds. The van der Waals surface area contributed by atoms with Gasteiger partial charge < -0.3 is 10.4 Å². The summed E-state index contributed by atoms with van der Waals surface area (Å²) in [6.45, 7) is 1.80.